The van der Waals surface area contributed by atoms with Crippen LogP contribution in [0.2, 0.25) is 0 Å². The van der Waals surface area contributed by atoms with Crippen molar-refractivity contribution in [3.05, 3.63) is 0 Å². The lowest BCUT2D eigenvalue weighted by Crippen LogP contribution is -2.32. The predicted octanol–water partition coefficient (Wildman–Crippen LogP) is 0.00230. The quantitative estimate of drug-likeness (QED) is 0.575. The summed E-state index contributed by atoms with van der Waals surface area (Å²) in [6.45, 7) is 1.95. The topological polar surface area (TPSA) is 75.6 Å². The van der Waals surface area contributed by atoms with Gasteiger partial charge >= 0.3 is 11.9 Å². The maximum Gasteiger partial charge on any atom is 0.319 e. The number of hydrogen-bond donors (Lipinski definition) is 2. The molecule has 5 heteroatoms. The van der Waals surface area contributed by atoms with Crippen molar-refractivity contribution in [3.8, 4) is 0 Å². The molecule has 1 atom stereocenters. The van der Waals surface area contributed by atoms with Crippen LogP contribution in [0.4, 0.5) is 0 Å². The van der Waals surface area contributed by atoms with E-state index in [0.717, 1.165) is 0 Å². The van der Waals surface area contributed by atoms with E-state index >= 15 is 0 Å². The Balaban J connectivity index is 3.45. The SMILES string of the molecule is COC(=O)CNC(C)CCC(=O)O. The maximum absolute atomic E-state index is 10.7. The molecule has 0 rings (SSSR count). The van der Waals surface area contributed by atoms with Gasteiger partial charge in [-0.05, 0) is 13.3 Å². The molecule has 0 aliphatic rings. The van der Waals surface area contributed by atoms with E-state index in [2.05, 4.69) is 10.1 Å². The molecule has 2 N–H and O–H groups in total. The van der Waals surface area contributed by atoms with E-state index in [1.807, 2.05) is 6.92 Å². The zero-order valence-electron chi connectivity index (χ0n) is 7.87. The number of rotatable bonds is 6. The fraction of sp³-hybridized carbons (Fsp3) is 0.750. The molecule has 0 fully saturated rings. The monoisotopic (exact) mass is 189 g/mol. The fourth-order valence-corrected chi connectivity index (χ4v) is 0.772. The Morgan fingerprint density at radius 1 is 1.54 bits per heavy atom. The van der Waals surface area contributed by atoms with Gasteiger partial charge in [-0.15, -0.1) is 0 Å². The highest BCUT2D eigenvalue weighted by Gasteiger charge is 2.06. The van der Waals surface area contributed by atoms with Gasteiger partial charge in [0.1, 0.15) is 0 Å². The second kappa shape index (κ2) is 6.42. The first kappa shape index (κ1) is 11.9. The van der Waals surface area contributed by atoms with Gasteiger partial charge in [0.15, 0.2) is 0 Å². The van der Waals surface area contributed by atoms with Crippen molar-refractivity contribution in [1.82, 2.24) is 5.32 Å². The molecule has 0 aliphatic carbocycles. The minimum absolute atomic E-state index is 0.00944. The van der Waals surface area contributed by atoms with Crippen molar-refractivity contribution in [1.29, 1.82) is 0 Å². The third-order valence-corrected chi connectivity index (χ3v) is 1.61. The van der Waals surface area contributed by atoms with E-state index in [-0.39, 0.29) is 25.0 Å². The number of carboxylic acid groups (broad SMARTS) is 1. The number of methoxy groups -OCH3 is 1. The fourth-order valence-electron chi connectivity index (χ4n) is 0.772. The first-order valence-electron chi connectivity index (χ1n) is 4.08. The van der Waals surface area contributed by atoms with Crippen LogP contribution >= 0.6 is 0 Å². The van der Waals surface area contributed by atoms with Gasteiger partial charge in [0, 0.05) is 12.5 Å². The van der Waals surface area contributed by atoms with Gasteiger partial charge in [0.05, 0.1) is 13.7 Å². The number of carbonyl (C=O) groups excluding carboxylic acids is 1. The van der Waals surface area contributed by atoms with Gasteiger partial charge in [-0.25, -0.2) is 0 Å². The van der Waals surface area contributed by atoms with Gasteiger partial charge < -0.3 is 15.2 Å². The minimum atomic E-state index is -0.827. The number of hydrogen-bond acceptors (Lipinski definition) is 4. The van der Waals surface area contributed by atoms with Crippen LogP contribution in [0.5, 0.6) is 0 Å². The van der Waals surface area contributed by atoms with E-state index in [1.54, 1.807) is 0 Å². The number of carboxylic acids is 1. The van der Waals surface area contributed by atoms with Gasteiger partial charge in [0.25, 0.3) is 0 Å². The van der Waals surface area contributed by atoms with Gasteiger partial charge in [-0.2, -0.15) is 0 Å². The summed E-state index contributed by atoms with van der Waals surface area (Å²) < 4.78 is 4.41. The summed E-state index contributed by atoms with van der Waals surface area (Å²) in [5.74, 6) is -1.17. The van der Waals surface area contributed by atoms with Gasteiger partial charge in [0.2, 0.25) is 0 Å². The Bertz CT molecular complexity index is 181. The van der Waals surface area contributed by atoms with E-state index < -0.39 is 5.97 Å². The summed E-state index contributed by atoms with van der Waals surface area (Å²) in [4.78, 5) is 20.8. The molecule has 0 amide bonds. The molecule has 0 aliphatic heterocycles. The van der Waals surface area contributed by atoms with Crippen molar-refractivity contribution in [2.24, 2.45) is 0 Å². The van der Waals surface area contributed by atoms with Crippen LogP contribution in [0.1, 0.15) is 19.8 Å². The second-order valence-corrected chi connectivity index (χ2v) is 2.79. The Morgan fingerprint density at radius 2 is 2.15 bits per heavy atom. The Hall–Kier alpha value is -1.10. The smallest absolute Gasteiger partial charge is 0.319 e. The predicted molar refractivity (Wildman–Crippen MR) is 46.4 cm³/mol. The summed E-state index contributed by atoms with van der Waals surface area (Å²) in [5.41, 5.74) is 0. The highest BCUT2D eigenvalue weighted by atomic mass is 16.5. The molecular formula is C8H15NO4. The van der Waals surface area contributed by atoms with Crippen molar-refractivity contribution in [3.63, 3.8) is 0 Å². The van der Waals surface area contributed by atoms with Crippen LogP contribution in [-0.2, 0) is 14.3 Å². The lowest BCUT2D eigenvalue weighted by molar-refractivity contribution is -0.139. The molecule has 76 valence electrons. The van der Waals surface area contributed by atoms with E-state index in [4.69, 9.17) is 5.11 Å². The van der Waals surface area contributed by atoms with Gasteiger partial charge in [-0.1, -0.05) is 0 Å². The number of aliphatic carboxylic acids is 1. The average Bonchev–Trinajstić information content (AvgIpc) is 2.10. The molecule has 5 nitrogen and oxygen atoms in total. The molecule has 13 heavy (non-hydrogen) atoms. The molecule has 0 saturated carbocycles. The normalized spacial score (nSPS) is 12.2. The highest BCUT2D eigenvalue weighted by molar-refractivity contribution is 5.71. The summed E-state index contributed by atoms with van der Waals surface area (Å²) in [6, 6.07) is 0.00944. The van der Waals surface area contributed by atoms with Crippen LogP contribution in [0.15, 0.2) is 0 Å². The summed E-state index contributed by atoms with van der Waals surface area (Å²) in [7, 11) is 1.31. The molecule has 0 aromatic heterocycles. The number of ether oxygens (including phenoxy) is 1. The largest absolute Gasteiger partial charge is 0.481 e. The first-order chi connectivity index (χ1) is 6.06. The number of carbonyl (C=O) groups is 2. The molecule has 0 aromatic carbocycles. The van der Waals surface area contributed by atoms with Gasteiger partial charge in [-0.3, -0.25) is 9.59 Å². The zero-order valence-corrected chi connectivity index (χ0v) is 7.87. The minimum Gasteiger partial charge on any atom is -0.481 e. The third-order valence-electron chi connectivity index (χ3n) is 1.61. The second-order valence-electron chi connectivity index (χ2n) is 2.79. The Kier molecular flexibility index (Phi) is 5.88. The molecule has 0 saturated heterocycles. The van der Waals surface area contributed by atoms with E-state index in [0.29, 0.717) is 6.42 Å². The summed E-state index contributed by atoms with van der Waals surface area (Å²) in [6.07, 6.45) is 0.613. The first-order valence-corrected chi connectivity index (χ1v) is 4.08. The number of esters is 1. The molecule has 0 spiro atoms. The zero-order chi connectivity index (χ0) is 10.3. The Labute approximate surface area is 77.1 Å². The lowest BCUT2D eigenvalue weighted by Gasteiger charge is -2.10. The third kappa shape index (κ3) is 7.27. The summed E-state index contributed by atoms with van der Waals surface area (Å²) in [5, 5.41) is 11.2. The molecule has 0 aromatic rings. The van der Waals surface area contributed by atoms with E-state index in [9.17, 15) is 9.59 Å². The van der Waals surface area contributed by atoms with Crippen molar-refractivity contribution < 1.29 is 19.4 Å². The van der Waals surface area contributed by atoms with Crippen LogP contribution in [-0.4, -0.2) is 36.7 Å². The van der Waals surface area contributed by atoms with Crippen molar-refractivity contribution in [2.75, 3.05) is 13.7 Å². The summed E-state index contributed by atoms with van der Waals surface area (Å²) >= 11 is 0. The van der Waals surface area contributed by atoms with Crippen LogP contribution in [0.3, 0.4) is 0 Å². The lowest BCUT2D eigenvalue weighted by atomic mass is 10.2. The average molecular weight is 189 g/mol. The molecule has 1 unspecified atom stereocenters. The standard InChI is InChI=1S/C8H15NO4/c1-6(3-4-7(10)11)9-5-8(12)13-2/h6,9H,3-5H2,1-2H3,(H,10,11). The Morgan fingerprint density at radius 3 is 2.62 bits per heavy atom. The highest BCUT2D eigenvalue weighted by Crippen LogP contribution is 1.95. The molecule has 0 bridgehead atoms. The van der Waals surface area contributed by atoms with Crippen LogP contribution in [0.25, 0.3) is 0 Å². The van der Waals surface area contributed by atoms with E-state index in [1.165, 1.54) is 7.11 Å². The van der Waals surface area contributed by atoms with Crippen LogP contribution in [0, 0.1) is 0 Å². The van der Waals surface area contributed by atoms with Crippen molar-refractivity contribution in [2.45, 2.75) is 25.8 Å². The molecular weight excluding hydrogens is 174 g/mol. The molecule has 0 heterocycles. The number of nitrogens with one attached hydrogen (secondary N) is 1. The molecule has 0 radical (unpaired) electrons. The maximum atomic E-state index is 10.7. The van der Waals surface area contributed by atoms with Crippen LogP contribution < -0.4 is 5.32 Å². The van der Waals surface area contributed by atoms with Crippen molar-refractivity contribution >= 4 is 11.9 Å².